The van der Waals surface area contributed by atoms with E-state index >= 15 is 0 Å². The van der Waals surface area contributed by atoms with Gasteiger partial charge in [-0.1, -0.05) is 5.16 Å². The van der Waals surface area contributed by atoms with Gasteiger partial charge < -0.3 is 24.5 Å². The van der Waals surface area contributed by atoms with Crippen molar-refractivity contribution in [2.24, 2.45) is 0 Å². The number of nitrogens with zero attached hydrogens (tertiary/aromatic N) is 3. The summed E-state index contributed by atoms with van der Waals surface area (Å²) in [6.07, 6.45) is 1.30. The molecule has 3 rings (SSSR count). The van der Waals surface area contributed by atoms with E-state index in [2.05, 4.69) is 20.4 Å². The van der Waals surface area contributed by atoms with Crippen molar-refractivity contribution in [1.82, 2.24) is 25.3 Å². The molecule has 2 amide bonds. The number of carbonyl (C=O) groups excluding carboxylic acids is 2. The molecule has 3 heterocycles. The van der Waals surface area contributed by atoms with Crippen molar-refractivity contribution >= 4 is 11.8 Å². The van der Waals surface area contributed by atoms with E-state index in [-0.39, 0.29) is 17.9 Å². The summed E-state index contributed by atoms with van der Waals surface area (Å²) in [5.41, 5.74) is 1.07. The summed E-state index contributed by atoms with van der Waals surface area (Å²) < 4.78 is 10.7. The normalized spacial score (nSPS) is 17.8. The number of hydrogen-bond donors (Lipinski definition) is 2. The van der Waals surface area contributed by atoms with Crippen LogP contribution in [-0.4, -0.2) is 51.5 Å². The number of rotatable bonds is 4. The lowest BCUT2D eigenvalue weighted by atomic mass is 10.2. The van der Waals surface area contributed by atoms with Gasteiger partial charge >= 0.3 is 0 Å². The van der Waals surface area contributed by atoms with E-state index in [1.807, 2.05) is 0 Å². The molecule has 0 saturated carbocycles. The van der Waals surface area contributed by atoms with Crippen LogP contribution in [0.25, 0.3) is 0 Å². The van der Waals surface area contributed by atoms with Crippen molar-refractivity contribution in [1.29, 1.82) is 0 Å². The Labute approximate surface area is 138 Å². The standard InChI is InChI=1S/C15H19N5O4/c1-9-5-12(19-24-9)15(22)20-3-4-23-13(8-20)14-17-7-11(18-14)6-16-10(2)21/h5,7,13H,3-4,6,8H2,1-2H3,(H,16,21)(H,17,18)/t13-/m1/s1. The molecule has 0 radical (unpaired) electrons. The average molecular weight is 333 g/mol. The van der Waals surface area contributed by atoms with Crippen LogP contribution in [0.15, 0.2) is 16.8 Å². The highest BCUT2D eigenvalue weighted by Crippen LogP contribution is 2.21. The Balaban J connectivity index is 1.65. The van der Waals surface area contributed by atoms with Gasteiger partial charge in [0.25, 0.3) is 5.91 Å². The van der Waals surface area contributed by atoms with Gasteiger partial charge in [0, 0.05) is 19.5 Å². The quantitative estimate of drug-likeness (QED) is 0.845. The van der Waals surface area contributed by atoms with Gasteiger partial charge in [-0.25, -0.2) is 4.98 Å². The van der Waals surface area contributed by atoms with Crippen molar-refractivity contribution in [3.05, 3.63) is 35.2 Å². The first-order chi connectivity index (χ1) is 11.5. The first kappa shape index (κ1) is 16.2. The fraction of sp³-hybridized carbons (Fsp3) is 0.467. The number of H-pyrrole nitrogens is 1. The van der Waals surface area contributed by atoms with Crippen LogP contribution in [0.4, 0.5) is 0 Å². The molecule has 1 aliphatic heterocycles. The molecule has 2 aromatic heterocycles. The first-order valence-corrected chi connectivity index (χ1v) is 7.65. The Morgan fingerprint density at radius 1 is 1.50 bits per heavy atom. The van der Waals surface area contributed by atoms with Gasteiger partial charge in [-0.2, -0.15) is 0 Å². The van der Waals surface area contributed by atoms with E-state index in [4.69, 9.17) is 9.26 Å². The predicted octanol–water partition coefficient (Wildman–Crippen LogP) is 0.556. The van der Waals surface area contributed by atoms with E-state index in [1.54, 1.807) is 24.1 Å². The Bertz CT molecular complexity index is 738. The van der Waals surface area contributed by atoms with Crippen molar-refractivity contribution < 1.29 is 18.8 Å². The molecule has 0 unspecified atom stereocenters. The number of nitrogens with one attached hydrogen (secondary N) is 2. The largest absolute Gasteiger partial charge is 0.367 e. The number of hydrogen-bond acceptors (Lipinski definition) is 6. The van der Waals surface area contributed by atoms with Gasteiger partial charge in [-0.05, 0) is 6.92 Å². The van der Waals surface area contributed by atoms with Crippen LogP contribution in [0.1, 0.15) is 40.8 Å². The molecular formula is C15H19N5O4. The van der Waals surface area contributed by atoms with Crippen LogP contribution in [0, 0.1) is 6.92 Å². The minimum absolute atomic E-state index is 0.111. The summed E-state index contributed by atoms with van der Waals surface area (Å²) in [5, 5.41) is 6.46. The number of imidazole rings is 1. The molecule has 0 spiro atoms. The molecule has 0 bridgehead atoms. The molecule has 9 nitrogen and oxygen atoms in total. The molecule has 2 aromatic rings. The summed E-state index contributed by atoms with van der Waals surface area (Å²) >= 11 is 0. The van der Waals surface area contributed by atoms with Crippen LogP contribution in [0.3, 0.4) is 0 Å². The van der Waals surface area contributed by atoms with Gasteiger partial charge in [0.1, 0.15) is 17.7 Å². The van der Waals surface area contributed by atoms with E-state index in [9.17, 15) is 9.59 Å². The van der Waals surface area contributed by atoms with E-state index in [0.29, 0.717) is 43.5 Å². The van der Waals surface area contributed by atoms with Gasteiger partial charge in [-0.3, -0.25) is 9.59 Å². The third-order valence-electron chi connectivity index (χ3n) is 3.68. The second-order valence-electron chi connectivity index (χ2n) is 5.64. The Kier molecular flexibility index (Phi) is 4.61. The summed E-state index contributed by atoms with van der Waals surface area (Å²) in [7, 11) is 0. The average Bonchev–Trinajstić information content (AvgIpc) is 3.21. The molecule has 128 valence electrons. The second kappa shape index (κ2) is 6.83. The molecular weight excluding hydrogens is 314 g/mol. The SMILES string of the molecule is CC(=O)NCc1cnc([C@H]2CN(C(=O)c3cc(C)on3)CCO2)[nH]1. The number of amides is 2. The van der Waals surface area contributed by atoms with Gasteiger partial charge in [0.15, 0.2) is 5.69 Å². The summed E-state index contributed by atoms with van der Waals surface area (Å²) in [5.74, 6) is 0.922. The Hall–Kier alpha value is -2.68. The van der Waals surface area contributed by atoms with Crippen molar-refractivity contribution in [2.45, 2.75) is 26.5 Å². The fourth-order valence-electron chi connectivity index (χ4n) is 2.48. The number of aromatic nitrogens is 3. The van der Waals surface area contributed by atoms with E-state index in [0.717, 1.165) is 5.69 Å². The molecule has 1 fully saturated rings. The maximum Gasteiger partial charge on any atom is 0.276 e. The first-order valence-electron chi connectivity index (χ1n) is 7.65. The maximum atomic E-state index is 12.4. The maximum absolute atomic E-state index is 12.4. The van der Waals surface area contributed by atoms with Crippen molar-refractivity contribution in [3.63, 3.8) is 0 Å². The summed E-state index contributed by atoms with van der Waals surface area (Å²) in [6, 6.07) is 1.62. The van der Waals surface area contributed by atoms with Crippen LogP contribution in [-0.2, 0) is 16.1 Å². The highest BCUT2D eigenvalue weighted by atomic mass is 16.5. The Morgan fingerprint density at radius 3 is 3.04 bits per heavy atom. The minimum Gasteiger partial charge on any atom is -0.367 e. The molecule has 9 heteroatoms. The number of ether oxygens (including phenoxy) is 1. The summed E-state index contributed by atoms with van der Waals surface area (Å²) in [4.78, 5) is 32.5. The van der Waals surface area contributed by atoms with Crippen LogP contribution in [0.5, 0.6) is 0 Å². The van der Waals surface area contributed by atoms with Gasteiger partial charge in [0.2, 0.25) is 5.91 Å². The van der Waals surface area contributed by atoms with E-state index < -0.39 is 0 Å². The molecule has 0 aromatic carbocycles. The highest BCUT2D eigenvalue weighted by molar-refractivity contribution is 5.92. The van der Waals surface area contributed by atoms with Crippen molar-refractivity contribution in [2.75, 3.05) is 19.7 Å². The fourth-order valence-corrected chi connectivity index (χ4v) is 2.48. The number of morpholine rings is 1. The van der Waals surface area contributed by atoms with Gasteiger partial charge in [0.05, 0.1) is 31.6 Å². The zero-order valence-electron chi connectivity index (χ0n) is 13.5. The molecule has 1 saturated heterocycles. The third kappa shape index (κ3) is 3.62. The monoisotopic (exact) mass is 333 g/mol. The minimum atomic E-state index is -0.346. The highest BCUT2D eigenvalue weighted by Gasteiger charge is 2.29. The Morgan fingerprint density at radius 2 is 2.33 bits per heavy atom. The lowest BCUT2D eigenvalue weighted by molar-refractivity contribution is -0.119. The topological polar surface area (TPSA) is 113 Å². The van der Waals surface area contributed by atoms with Crippen LogP contribution >= 0.6 is 0 Å². The van der Waals surface area contributed by atoms with Gasteiger partial charge in [-0.15, -0.1) is 0 Å². The van der Waals surface area contributed by atoms with E-state index in [1.165, 1.54) is 6.92 Å². The molecule has 2 N–H and O–H groups in total. The van der Waals surface area contributed by atoms with Crippen molar-refractivity contribution in [3.8, 4) is 0 Å². The van der Waals surface area contributed by atoms with Crippen LogP contribution in [0.2, 0.25) is 0 Å². The predicted molar refractivity (Wildman–Crippen MR) is 81.9 cm³/mol. The molecule has 1 aliphatic rings. The molecule has 24 heavy (non-hydrogen) atoms. The number of carbonyl (C=O) groups is 2. The lowest BCUT2D eigenvalue weighted by Gasteiger charge is -2.31. The third-order valence-corrected chi connectivity index (χ3v) is 3.68. The second-order valence-corrected chi connectivity index (χ2v) is 5.64. The molecule has 1 atom stereocenters. The zero-order valence-corrected chi connectivity index (χ0v) is 13.5. The molecule has 0 aliphatic carbocycles. The lowest BCUT2D eigenvalue weighted by Crippen LogP contribution is -2.42. The zero-order chi connectivity index (χ0) is 17.1. The smallest absolute Gasteiger partial charge is 0.276 e. The summed E-state index contributed by atoms with van der Waals surface area (Å²) in [6.45, 7) is 4.84. The van der Waals surface area contributed by atoms with Crippen LogP contribution < -0.4 is 5.32 Å². The number of aromatic amines is 1. The number of aryl methyl sites for hydroxylation is 1.